The third-order valence-corrected chi connectivity index (χ3v) is 3.50. The molecule has 0 saturated heterocycles. The van der Waals surface area contributed by atoms with E-state index < -0.39 is 0 Å². The Labute approximate surface area is 118 Å². The van der Waals surface area contributed by atoms with Crippen molar-refractivity contribution in [2.24, 2.45) is 5.92 Å². The van der Waals surface area contributed by atoms with Crippen molar-refractivity contribution in [3.05, 3.63) is 21.6 Å². The fourth-order valence-electron chi connectivity index (χ4n) is 1.91. The molecule has 1 N–H and O–H groups in total. The van der Waals surface area contributed by atoms with E-state index >= 15 is 0 Å². The van der Waals surface area contributed by atoms with Crippen LogP contribution < -0.4 is 10.9 Å². The van der Waals surface area contributed by atoms with Crippen molar-refractivity contribution < 1.29 is 0 Å². The first-order chi connectivity index (χ1) is 9.08. The van der Waals surface area contributed by atoms with Crippen molar-refractivity contribution in [2.45, 2.75) is 25.8 Å². The summed E-state index contributed by atoms with van der Waals surface area (Å²) in [7, 11) is 4.06. The molecule has 0 aromatic carbocycles. The Bertz CT molecular complexity index is 482. The van der Waals surface area contributed by atoms with Crippen LogP contribution in [0.3, 0.4) is 0 Å². The minimum atomic E-state index is -0.107. The minimum Gasteiger partial charge on any atom is -0.379 e. The standard InChI is InChI=1S/C13H21ClN4O/c1-17(2)7-3-6-15-12-11(14)8-16-18(13(12)19)9-10-4-5-10/h8,10,15H,3-7,9H2,1-2H3. The van der Waals surface area contributed by atoms with Crippen LogP contribution >= 0.6 is 11.6 Å². The van der Waals surface area contributed by atoms with Gasteiger partial charge in [0.15, 0.2) is 0 Å². The van der Waals surface area contributed by atoms with Crippen LogP contribution in [0, 0.1) is 5.92 Å². The molecular formula is C13H21ClN4O. The van der Waals surface area contributed by atoms with Gasteiger partial charge in [0.05, 0.1) is 11.2 Å². The highest BCUT2D eigenvalue weighted by atomic mass is 35.5. The minimum absolute atomic E-state index is 0.107. The van der Waals surface area contributed by atoms with Crippen molar-refractivity contribution in [1.82, 2.24) is 14.7 Å². The molecule has 2 rings (SSSR count). The fourth-order valence-corrected chi connectivity index (χ4v) is 2.10. The molecule has 19 heavy (non-hydrogen) atoms. The Morgan fingerprint density at radius 2 is 2.26 bits per heavy atom. The summed E-state index contributed by atoms with van der Waals surface area (Å²) in [4.78, 5) is 14.3. The maximum Gasteiger partial charge on any atom is 0.291 e. The molecule has 1 heterocycles. The van der Waals surface area contributed by atoms with Gasteiger partial charge in [0.1, 0.15) is 5.69 Å². The predicted octanol–water partition coefficient (Wildman–Crippen LogP) is 1.67. The second kappa shape index (κ2) is 6.39. The van der Waals surface area contributed by atoms with Crippen molar-refractivity contribution >= 4 is 17.3 Å². The van der Waals surface area contributed by atoms with E-state index in [0.717, 1.165) is 19.5 Å². The molecule has 0 bridgehead atoms. The average Bonchev–Trinajstić information content (AvgIpc) is 3.15. The summed E-state index contributed by atoms with van der Waals surface area (Å²) in [5, 5.41) is 7.64. The lowest BCUT2D eigenvalue weighted by Crippen LogP contribution is -2.27. The number of hydrogen-bond donors (Lipinski definition) is 1. The van der Waals surface area contributed by atoms with E-state index in [2.05, 4.69) is 15.3 Å². The Kier molecular flexibility index (Phi) is 4.82. The molecule has 1 aromatic rings. The fraction of sp³-hybridized carbons (Fsp3) is 0.692. The lowest BCUT2D eigenvalue weighted by molar-refractivity contribution is 0.405. The Balaban J connectivity index is 1.99. The molecule has 1 aromatic heterocycles. The SMILES string of the molecule is CN(C)CCCNc1c(Cl)cnn(CC2CC2)c1=O. The van der Waals surface area contributed by atoms with Crippen LogP contribution in [-0.4, -0.2) is 41.9 Å². The number of halogens is 1. The van der Waals surface area contributed by atoms with Crippen LogP contribution in [0.5, 0.6) is 0 Å². The molecule has 1 saturated carbocycles. The number of aromatic nitrogens is 2. The smallest absolute Gasteiger partial charge is 0.291 e. The molecule has 0 atom stereocenters. The van der Waals surface area contributed by atoms with Gasteiger partial charge in [-0.15, -0.1) is 0 Å². The quantitative estimate of drug-likeness (QED) is 0.774. The highest BCUT2D eigenvalue weighted by molar-refractivity contribution is 6.32. The number of nitrogens with zero attached hydrogens (tertiary/aromatic N) is 3. The number of rotatable bonds is 7. The van der Waals surface area contributed by atoms with Gasteiger partial charge in [-0.2, -0.15) is 5.10 Å². The van der Waals surface area contributed by atoms with E-state index in [1.54, 1.807) is 6.20 Å². The summed E-state index contributed by atoms with van der Waals surface area (Å²) in [5.74, 6) is 0.618. The normalized spacial score (nSPS) is 14.9. The number of nitrogens with one attached hydrogen (secondary N) is 1. The molecule has 0 aliphatic heterocycles. The van der Waals surface area contributed by atoms with Crippen molar-refractivity contribution in [1.29, 1.82) is 0 Å². The van der Waals surface area contributed by atoms with E-state index in [1.807, 2.05) is 14.1 Å². The lowest BCUT2D eigenvalue weighted by Gasteiger charge is -2.12. The van der Waals surface area contributed by atoms with Gasteiger partial charge in [0.25, 0.3) is 5.56 Å². The third kappa shape index (κ3) is 4.21. The van der Waals surface area contributed by atoms with Gasteiger partial charge < -0.3 is 10.2 Å². The zero-order valence-corrected chi connectivity index (χ0v) is 12.3. The van der Waals surface area contributed by atoms with Crippen LogP contribution in [0.25, 0.3) is 0 Å². The van der Waals surface area contributed by atoms with E-state index in [-0.39, 0.29) is 5.56 Å². The summed E-state index contributed by atoms with van der Waals surface area (Å²) in [6.07, 6.45) is 4.91. The highest BCUT2D eigenvalue weighted by Crippen LogP contribution is 2.30. The molecule has 5 nitrogen and oxygen atoms in total. The van der Waals surface area contributed by atoms with Crippen molar-refractivity contribution in [3.63, 3.8) is 0 Å². The van der Waals surface area contributed by atoms with Crippen LogP contribution in [0.2, 0.25) is 5.02 Å². The van der Waals surface area contributed by atoms with Gasteiger partial charge in [-0.25, -0.2) is 4.68 Å². The number of hydrogen-bond acceptors (Lipinski definition) is 4. The van der Waals surface area contributed by atoms with Gasteiger partial charge in [-0.1, -0.05) is 11.6 Å². The van der Waals surface area contributed by atoms with Gasteiger partial charge >= 0.3 is 0 Å². The largest absolute Gasteiger partial charge is 0.379 e. The van der Waals surface area contributed by atoms with Gasteiger partial charge in [-0.3, -0.25) is 4.79 Å². The zero-order valence-electron chi connectivity index (χ0n) is 11.5. The first kappa shape index (κ1) is 14.3. The third-order valence-electron chi connectivity index (χ3n) is 3.21. The lowest BCUT2D eigenvalue weighted by atomic mass is 10.3. The summed E-state index contributed by atoms with van der Waals surface area (Å²) < 4.78 is 1.53. The molecule has 0 radical (unpaired) electrons. The maximum atomic E-state index is 12.2. The second-order valence-corrected chi connectivity index (χ2v) is 5.79. The Morgan fingerprint density at radius 3 is 2.89 bits per heavy atom. The first-order valence-electron chi connectivity index (χ1n) is 6.72. The van der Waals surface area contributed by atoms with E-state index in [9.17, 15) is 4.79 Å². The Morgan fingerprint density at radius 1 is 1.53 bits per heavy atom. The van der Waals surface area contributed by atoms with Gasteiger partial charge in [0.2, 0.25) is 0 Å². The molecule has 0 spiro atoms. The van der Waals surface area contributed by atoms with Crippen LogP contribution in [0.4, 0.5) is 5.69 Å². The van der Waals surface area contributed by atoms with E-state index in [1.165, 1.54) is 17.5 Å². The van der Waals surface area contributed by atoms with E-state index in [0.29, 0.717) is 23.2 Å². The van der Waals surface area contributed by atoms with Gasteiger partial charge in [0, 0.05) is 13.1 Å². The number of anilines is 1. The zero-order chi connectivity index (χ0) is 13.8. The van der Waals surface area contributed by atoms with Crippen LogP contribution in [0.15, 0.2) is 11.0 Å². The van der Waals surface area contributed by atoms with Crippen molar-refractivity contribution in [3.8, 4) is 0 Å². The molecule has 1 aliphatic carbocycles. The Hall–Kier alpha value is -1.07. The monoisotopic (exact) mass is 284 g/mol. The molecule has 0 amide bonds. The molecule has 1 fully saturated rings. The molecule has 6 heteroatoms. The summed E-state index contributed by atoms with van der Waals surface area (Å²) >= 11 is 6.05. The van der Waals surface area contributed by atoms with Crippen LogP contribution in [0.1, 0.15) is 19.3 Å². The summed E-state index contributed by atoms with van der Waals surface area (Å²) in [6, 6.07) is 0. The maximum absolute atomic E-state index is 12.2. The van der Waals surface area contributed by atoms with Crippen LogP contribution in [-0.2, 0) is 6.54 Å². The predicted molar refractivity (Wildman–Crippen MR) is 77.9 cm³/mol. The van der Waals surface area contributed by atoms with Crippen molar-refractivity contribution in [2.75, 3.05) is 32.5 Å². The topological polar surface area (TPSA) is 50.2 Å². The van der Waals surface area contributed by atoms with E-state index in [4.69, 9.17) is 11.6 Å². The second-order valence-electron chi connectivity index (χ2n) is 5.38. The molecule has 1 aliphatic rings. The summed E-state index contributed by atoms with van der Waals surface area (Å²) in [6.45, 7) is 2.43. The highest BCUT2D eigenvalue weighted by Gasteiger charge is 2.23. The molecule has 106 valence electrons. The molecule has 0 unspecified atom stereocenters. The summed E-state index contributed by atoms with van der Waals surface area (Å²) in [5.41, 5.74) is 0.375. The first-order valence-corrected chi connectivity index (χ1v) is 7.10. The average molecular weight is 285 g/mol. The van der Waals surface area contributed by atoms with Gasteiger partial charge in [-0.05, 0) is 45.8 Å². The molecular weight excluding hydrogens is 264 g/mol.